The summed E-state index contributed by atoms with van der Waals surface area (Å²) in [6.45, 7) is 0. The first-order valence-corrected chi connectivity index (χ1v) is 9.44. The third kappa shape index (κ3) is 4.11. The van der Waals surface area contributed by atoms with Crippen LogP contribution in [0.3, 0.4) is 0 Å². The number of rotatable bonds is 6. The molecule has 0 heterocycles. The van der Waals surface area contributed by atoms with Gasteiger partial charge in [0.15, 0.2) is 17.3 Å². The molecule has 0 radical (unpaired) electrons. The van der Waals surface area contributed by atoms with Crippen molar-refractivity contribution in [1.29, 1.82) is 0 Å². The highest BCUT2D eigenvalue weighted by molar-refractivity contribution is 7.86. The minimum Gasteiger partial charge on any atom is -0.504 e. The number of ketones is 1. The minimum atomic E-state index is -5.23. The lowest BCUT2D eigenvalue weighted by atomic mass is 10.0. The molecule has 2 aromatic carbocycles. The van der Waals surface area contributed by atoms with Gasteiger partial charge in [-0.05, 0) is 6.07 Å². The fourth-order valence-corrected chi connectivity index (χ4v) is 3.13. The first-order chi connectivity index (χ1) is 12.0. The van der Waals surface area contributed by atoms with Crippen molar-refractivity contribution in [3.8, 4) is 17.2 Å². The van der Waals surface area contributed by atoms with Crippen LogP contribution in [0.2, 0.25) is 0 Å². The van der Waals surface area contributed by atoms with Crippen LogP contribution in [0, 0.1) is 0 Å². The van der Waals surface area contributed by atoms with Gasteiger partial charge >= 0.3 is 10.4 Å². The number of carbonyl (C=O) groups excluding carboxylic acids is 1. The summed E-state index contributed by atoms with van der Waals surface area (Å²) < 4.78 is 72.1. The van der Waals surface area contributed by atoms with E-state index in [1.54, 1.807) is 6.07 Å². The van der Waals surface area contributed by atoms with E-state index in [1.807, 2.05) is 0 Å². The van der Waals surface area contributed by atoms with Gasteiger partial charge < -0.3 is 14.0 Å². The molecule has 0 saturated heterocycles. The van der Waals surface area contributed by atoms with Gasteiger partial charge in [0.25, 0.3) is 10.1 Å². The summed E-state index contributed by atoms with van der Waals surface area (Å²) in [6.07, 6.45) is 0. The number of carbonyl (C=O) groups is 1. The standard InChI is InChI=1S/C14H12O10S2/c1-23-13-10(25(17,18)19)7-9(11(15)8-5-3-2-4-6-8)12(16)14(13)24-26(20,21)22/h2-7,16H,1H3,(H,17,18,19)(H,20,21,22). The number of phenols is 1. The van der Waals surface area contributed by atoms with Crippen molar-refractivity contribution < 1.29 is 44.8 Å². The molecular weight excluding hydrogens is 392 g/mol. The van der Waals surface area contributed by atoms with Crippen LogP contribution >= 0.6 is 0 Å². The molecule has 3 N–H and O–H groups in total. The number of ether oxygens (including phenoxy) is 1. The van der Waals surface area contributed by atoms with Crippen LogP contribution in [-0.2, 0) is 20.5 Å². The van der Waals surface area contributed by atoms with E-state index in [0.29, 0.717) is 6.07 Å². The van der Waals surface area contributed by atoms with Gasteiger partial charge in [0.1, 0.15) is 4.90 Å². The van der Waals surface area contributed by atoms with Crippen molar-refractivity contribution in [2.75, 3.05) is 7.11 Å². The van der Waals surface area contributed by atoms with Crippen molar-refractivity contribution in [2.45, 2.75) is 4.90 Å². The molecule has 10 nitrogen and oxygen atoms in total. The maximum absolute atomic E-state index is 12.5. The molecule has 0 aliphatic rings. The molecule has 0 bridgehead atoms. The van der Waals surface area contributed by atoms with Gasteiger partial charge in [-0.25, -0.2) is 0 Å². The van der Waals surface area contributed by atoms with Crippen LogP contribution in [0.5, 0.6) is 17.2 Å². The van der Waals surface area contributed by atoms with Crippen molar-refractivity contribution in [1.82, 2.24) is 0 Å². The van der Waals surface area contributed by atoms with E-state index in [2.05, 4.69) is 8.92 Å². The highest BCUT2D eigenvalue weighted by Crippen LogP contribution is 2.45. The molecule has 12 heteroatoms. The molecular formula is C14H12O10S2. The largest absolute Gasteiger partial charge is 0.504 e. The third-order valence-corrected chi connectivity index (χ3v) is 4.36. The molecule has 0 atom stereocenters. The zero-order chi connectivity index (χ0) is 19.7. The predicted molar refractivity (Wildman–Crippen MR) is 86.5 cm³/mol. The summed E-state index contributed by atoms with van der Waals surface area (Å²) in [7, 11) is -9.36. The third-order valence-electron chi connectivity index (χ3n) is 3.13. The second-order valence-corrected chi connectivity index (χ2v) is 7.23. The Hall–Kier alpha value is -2.67. The number of hydrogen-bond donors (Lipinski definition) is 3. The van der Waals surface area contributed by atoms with E-state index in [9.17, 15) is 31.3 Å². The van der Waals surface area contributed by atoms with Crippen LogP contribution in [0.15, 0.2) is 41.3 Å². The van der Waals surface area contributed by atoms with Crippen LogP contribution in [0.25, 0.3) is 0 Å². The summed E-state index contributed by atoms with van der Waals surface area (Å²) in [5.74, 6) is -4.12. The van der Waals surface area contributed by atoms with E-state index < -0.39 is 54.0 Å². The van der Waals surface area contributed by atoms with E-state index in [1.165, 1.54) is 24.3 Å². The average molecular weight is 404 g/mol. The van der Waals surface area contributed by atoms with Crippen LogP contribution in [0.4, 0.5) is 0 Å². The first kappa shape index (κ1) is 19.7. The Kier molecular flexibility index (Phi) is 5.23. The number of phenolic OH excluding ortho intramolecular Hbond substituents is 1. The van der Waals surface area contributed by atoms with Gasteiger partial charge in [0.2, 0.25) is 5.75 Å². The van der Waals surface area contributed by atoms with E-state index in [4.69, 9.17) is 4.55 Å². The van der Waals surface area contributed by atoms with Gasteiger partial charge in [-0.1, -0.05) is 30.3 Å². The lowest BCUT2D eigenvalue weighted by Crippen LogP contribution is -2.13. The Morgan fingerprint density at radius 1 is 1.00 bits per heavy atom. The Balaban J connectivity index is 2.85. The first-order valence-electron chi connectivity index (χ1n) is 6.63. The van der Waals surface area contributed by atoms with E-state index in [0.717, 1.165) is 7.11 Å². The highest BCUT2D eigenvalue weighted by Gasteiger charge is 2.31. The molecule has 0 amide bonds. The fourth-order valence-electron chi connectivity index (χ4n) is 2.09. The quantitative estimate of drug-likeness (QED) is 0.468. The molecule has 0 aliphatic heterocycles. The molecule has 0 fully saturated rings. The fraction of sp³-hybridized carbons (Fsp3) is 0.0714. The molecule has 2 rings (SSSR count). The maximum Gasteiger partial charge on any atom is 0.446 e. The Bertz CT molecular complexity index is 1060. The average Bonchev–Trinajstić information content (AvgIpc) is 2.54. The Morgan fingerprint density at radius 3 is 2.04 bits per heavy atom. The van der Waals surface area contributed by atoms with Crippen molar-refractivity contribution in [2.24, 2.45) is 0 Å². The second kappa shape index (κ2) is 6.92. The normalized spacial score (nSPS) is 11.8. The Labute approximate surface area is 148 Å². The SMILES string of the molecule is COc1c(S(=O)(=O)O)cc(C(=O)c2ccccc2)c(O)c1OS(=O)(=O)O. The van der Waals surface area contributed by atoms with Crippen LogP contribution in [-0.4, -0.2) is 43.9 Å². The second-order valence-electron chi connectivity index (χ2n) is 4.81. The monoisotopic (exact) mass is 404 g/mol. The molecule has 0 aliphatic carbocycles. The zero-order valence-electron chi connectivity index (χ0n) is 13.0. The summed E-state index contributed by atoms with van der Waals surface area (Å²) >= 11 is 0. The van der Waals surface area contributed by atoms with E-state index >= 15 is 0 Å². The number of hydrogen-bond acceptors (Lipinski definition) is 8. The topological polar surface area (TPSA) is 164 Å². The number of aromatic hydroxyl groups is 1. The molecule has 0 unspecified atom stereocenters. The lowest BCUT2D eigenvalue weighted by molar-refractivity contribution is 0.103. The van der Waals surface area contributed by atoms with Crippen LogP contribution in [0.1, 0.15) is 15.9 Å². The van der Waals surface area contributed by atoms with Gasteiger partial charge in [-0.3, -0.25) is 13.9 Å². The Morgan fingerprint density at radius 2 is 1.58 bits per heavy atom. The molecule has 26 heavy (non-hydrogen) atoms. The highest BCUT2D eigenvalue weighted by atomic mass is 32.3. The van der Waals surface area contributed by atoms with Gasteiger partial charge in [0, 0.05) is 5.56 Å². The predicted octanol–water partition coefficient (Wildman–Crippen LogP) is 1.06. The summed E-state index contributed by atoms with van der Waals surface area (Å²) in [6, 6.07) is 7.88. The van der Waals surface area contributed by atoms with Gasteiger partial charge in [-0.2, -0.15) is 16.8 Å². The molecule has 0 aromatic heterocycles. The summed E-state index contributed by atoms with van der Waals surface area (Å²) in [5.41, 5.74) is -0.685. The van der Waals surface area contributed by atoms with Crippen molar-refractivity contribution >= 4 is 26.3 Å². The molecule has 2 aromatic rings. The lowest BCUT2D eigenvalue weighted by Gasteiger charge is -2.15. The van der Waals surface area contributed by atoms with E-state index in [-0.39, 0.29) is 5.56 Å². The summed E-state index contributed by atoms with van der Waals surface area (Å²) in [5, 5.41) is 10.2. The molecule has 0 spiro atoms. The van der Waals surface area contributed by atoms with Crippen molar-refractivity contribution in [3.05, 3.63) is 47.5 Å². The maximum atomic E-state index is 12.5. The van der Waals surface area contributed by atoms with Crippen LogP contribution < -0.4 is 8.92 Å². The number of benzene rings is 2. The zero-order valence-corrected chi connectivity index (χ0v) is 14.6. The van der Waals surface area contributed by atoms with Gasteiger partial charge in [-0.15, -0.1) is 0 Å². The molecule has 140 valence electrons. The smallest absolute Gasteiger partial charge is 0.446 e. The number of methoxy groups -OCH3 is 1. The summed E-state index contributed by atoms with van der Waals surface area (Å²) in [4.78, 5) is 11.5. The van der Waals surface area contributed by atoms with Crippen molar-refractivity contribution in [3.63, 3.8) is 0 Å². The molecule has 0 saturated carbocycles. The van der Waals surface area contributed by atoms with Gasteiger partial charge in [0.05, 0.1) is 12.7 Å². The minimum absolute atomic E-state index is 0.0204.